The van der Waals surface area contributed by atoms with Crippen LogP contribution in [0.25, 0.3) is 0 Å². The zero-order valence-electron chi connectivity index (χ0n) is 21.7. The van der Waals surface area contributed by atoms with Crippen LogP contribution in [0.15, 0.2) is 84.9 Å². The zero-order chi connectivity index (χ0) is 25.9. The Morgan fingerprint density at radius 2 is 1.16 bits per heavy atom. The molecule has 198 valence electrons. The molecule has 0 aliphatic carbocycles. The first-order valence-electron chi connectivity index (χ1n) is 12.4. The van der Waals surface area contributed by atoms with Gasteiger partial charge in [0.05, 0.1) is 33.5 Å². The minimum absolute atomic E-state index is 0.307. The molecule has 1 fully saturated rings. The monoisotopic (exact) mass is 508 g/mol. The summed E-state index contributed by atoms with van der Waals surface area (Å²) >= 11 is 0. The summed E-state index contributed by atoms with van der Waals surface area (Å²) in [6.07, 6.45) is -2.43. The van der Waals surface area contributed by atoms with Crippen LogP contribution in [0.4, 0.5) is 0 Å². The highest BCUT2D eigenvalue weighted by Gasteiger charge is 2.48. The van der Waals surface area contributed by atoms with Gasteiger partial charge in [-0.1, -0.05) is 72.8 Å². The molecule has 1 saturated heterocycles. The van der Waals surface area contributed by atoms with Gasteiger partial charge in [0, 0.05) is 14.2 Å². The average molecular weight is 509 g/mol. The Morgan fingerprint density at radius 1 is 0.595 bits per heavy atom. The predicted molar refractivity (Wildman–Crippen MR) is 139 cm³/mol. The fourth-order valence-electron chi connectivity index (χ4n) is 4.40. The van der Waals surface area contributed by atoms with Gasteiger partial charge in [-0.2, -0.15) is 0 Å². The second-order valence-electron chi connectivity index (χ2n) is 8.86. The van der Waals surface area contributed by atoms with E-state index < -0.39 is 30.7 Å². The first kappa shape index (κ1) is 27.3. The number of methoxy groups -OCH3 is 3. The number of rotatable bonds is 13. The van der Waals surface area contributed by atoms with Crippen LogP contribution in [0.1, 0.15) is 16.7 Å². The van der Waals surface area contributed by atoms with Gasteiger partial charge in [0.2, 0.25) is 0 Å². The van der Waals surface area contributed by atoms with Crippen LogP contribution in [0, 0.1) is 0 Å². The van der Waals surface area contributed by atoms with Crippen molar-refractivity contribution >= 4 is 0 Å². The van der Waals surface area contributed by atoms with Crippen LogP contribution in [0.5, 0.6) is 5.75 Å². The van der Waals surface area contributed by atoms with Crippen molar-refractivity contribution in [3.8, 4) is 5.75 Å². The molecular weight excluding hydrogens is 472 g/mol. The van der Waals surface area contributed by atoms with Crippen molar-refractivity contribution in [3.63, 3.8) is 0 Å². The van der Waals surface area contributed by atoms with Crippen molar-refractivity contribution in [2.75, 3.05) is 27.9 Å². The summed E-state index contributed by atoms with van der Waals surface area (Å²) in [5, 5.41) is 0. The lowest BCUT2D eigenvalue weighted by molar-refractivity contribution is -0.319. The van der Waals surface area contributed by atoms with Gasteiger partial charge in [-0.25, -0.2) is 0 Å². The van der Waals surface area contributed by atoms with Crippen LogP contribution in [-0.2, 0) is 48.2 Å². The second-order valence-corrected chi connectivity index (χ2v) is 8.86. The molecule has 0 N–H and O–H groups in total. The fraction of sp³-hybridized carbons (Fsp3) is 0.400. The molecule has 1 aliphatic heterocycles. The minimum Gasteiger partial charge on any atom is -0.497 e. The third kappa shape index (κ3) is 7.61. The van der Waals surface area contributed by atoms with Crippen LogP contribution < -0.4 is 4.74 Å². The van der Waals surface area contributed by atoms with E-state index in [9.17, 15) is 0 Å². The summed E-state index contributed by atoms with van der Waals surface area (Å²) in [6, 6.07) is 27.8. The van der Waals surface area contributed by atoms with Gasteiger partial charge in [0.1, 0.15) is 30.2 Å². The van der Waals surface area contributed by atoms with Crippen molar-refractivity contribution in [2.24, 2.45) is 0 Å². The number of hydrogen-bond acceptors (Lipinski definition) is 7. The van der Waals surface area contributed by atoms with E-state index in [0.29, 0.717) is 26.4 Å². The molecule has 0 saturated carbocycles. The third-order valence-corrected chi connectivity index (χ3v) is 6.38. The molecule has 7 nitrogen and oxygen atoms in total. The Balaban J connectivity index is 1.46. The number of benzene rings is 3. The largest absolute Gasteiger partial charge is 0.497 e. The zero-order valence-corrected chi connectivity index (χ0v) is 21.7. The summed E-state index contributed by atoms with van der Waals surface area (Å²) in [7, 11) is 4.92. The van der Waals surface area contributed by atoms with Crippen molar-refractivity contribution in [1.29, 1.82) is 0 Å². The molecule has 0 amide bonds. The van der Waals surface area contributed by atoms with Crippen LogP contribution in [-0.4, -0.2) is 58.6 Å². The lowest BCUT2D eigenvalue weighted by atomic mass is 9.98. The number of ether oxygens (including phenoxy) is 7. The maximum absolute atomic E-state index is 6.45. The minimum atomic E-state index is -0.648. The van der Waals surface area contributed by atoms with E-state index in [0.717, 1.165) is 22.4 Å². The molecule has 37 heavy (non-hydrogen) atoms. The van der Waals surface area contributed by atoms with Gasteiger partial charge in [-0.05, 0) is 28.8 Å². The highest BCUT2D eigenvalue weighted by atomic mass is 16.7. The second kappa shape index (κ2) is 14.2. The van der Waals surface area contributed by atoms with Crippen LogP contribution in [0.2, 0.25) is 0 Å². The molecular formula is C30H36O7. The van der Waals surface area contributed by atoms with Gasteiger partial charge in [0.15, 0.2) is 6.29 Å². The molecule has 1 heterocycles. The van der Waals surface area contributed by atoms with E-state index in [1.807, 2.05) is 84.9 Å². The Kier molecular flexibility index (Phi) is 10.5. The Hall–Kier alpha value is -2.78. The van der Waals surface area contributed by atoms with Crippen molar-refractivity contribution in [1.82, 2.24) is 0 Å². The van der Waals surface area contributed by atoms with Gasteiger partial charge < -0.3 is 33.2 Å². The SMILES string of the molecule is COc1ccc(COC[C@H]2O[C@@H](OC)[C@H](OCc3ccccc3)[C@@H](OCc3ccccc3)[C@@H]2OC)cc1. The van der Waals surface area contributed by atoms with E-state index in [2.05, 4.69) is 0 Å². The molecule has 0 bridgehead atoms. The quantitative estimate of drug-likeness (QED) is 0.330. The van der Waals surface area contributed by atoms with Crippen molar-refractivity contribution in [3.05, 3.63) is 102 Å². The topological polar surface area (TPSA) is 64.6 Å². The first-order valence-corrected chi connectivity index (χ1v) is 12.4. The summed E-state index contributed by atoms with van der Waals surface area (Å²) in [4.78, 5) is 0. The van der Waals surface area contributed by atoms with Gasteiger partial charge in [-0.15, -0.1) is 0 Å². The number of hydrogen-bond donors (Lipinski definition) is 0. The Morgan fingerprint density at radius 3 is 1.70 bits per heavy atom. The first-order chi connectivity index (χ1) is 18.2. The van der Waals surface area contributed by atoms with E-state index in [1.165, 1.54) is 0 Å². The van der Waals surface area contributed by atoms with Gasteiger partial charge in [-0.3, -0.25) is 0 Å². The third-order valence-electron chi connectivity index (χ3n) is 6.38. The summed E-state index contributed by atoms with van der Waals surface area (Å²) in [6.45, 7) is 1.55. The van der Waals surface area contributed by atoms with E-state index in [4.69, 9.17) is 33.2 Å². The molecule has 7 heteroatoms. The summed E-state index contributed by atoms with van der Waals surface area (Å²) in [5.74, 6) is 0.807. The average Bonchev–Trinajstić information content (AvgIpc) is 2.96. The van der Waals surface area contributed by atoms with E-state index in [1.54, 1.807) is 21.3 Å². The molecule has 3 aromatic rings. The van der Waals surface area contributed by atoms with E-state index >= 15 is 0 Å². The highest BCUT2D eigenvalue weighted by Crippen LogP contribution is 2.30. The Labute approximate surface area is 219 Å². The van der Waals surface area contributed by atoms with Crippen molar-refractivity contribution in [2.45, 2.75) is 50.5 Å². The molecule has 1 aliphatic rings. The fourth-order valence-corrected chi connectivity index (χ4v) is 4.40. The molecule has 0 spiro atoms. The van der Waals surface area contributed by atoms with Crippen LogP contribution >= 0.6 is 0 Å². The normalized spacial score (nSPS) is 23.6. The lowest BCUT2D eigenvalue weighted by Crippen LogP contribution is -2.61. The molecule has 5 atom stereocenters. The molecule has 0 aromatic heterocycles. The predicted octanol–water partition coefficient (Wildman–Crippen LogP) is 4.77. The van der Waals surface area contributed by atoms with E-state index in [-0.39, 0.29) is 0 Å². The molecule has 3 aromatic carbocycles. The summed E-state index contributed by atoms with van der Waals surface area (Å²) < 4.78 is 42.0. The van der Waals surface area contributed by atoms with Crippen LogP contribution in [0.3, 0.4) is 0 Å². The van der Waals surface area contributed by atoms with Gasteiger partial charge >= 0.3 is 0 Å². The Bertz CT molecular complexity index is 1030. The highest BCUT2D eigenvalue weighted by molar-refractivity contribution is 5.26. The molecule has 0 unspecified atom stereocenters. The molecule has 4 rings (SSSR count). The standard InChI is InChI=1S/C30H36O7/c1-31-25-16-14-24(15-17-25)18-34-21-26-27(32-2)28(35-19-22-10-6-4-7-11-22)29(30(33-3)37-26)36-20-23-12-8-5-9-13-23/h4-17,26-30H,18-21H2,1-3H3/t26-,27-,28+,29-,30-/m1/s1. The maximum Gasteiger partial charge on any atom is 0.186 e. The maximum atomic E-state index is 6.45. The molecule has 0 radical (unpaired) electrons. The lowest BCUT2D eigenvalue weighted by Gasteiger charge is -2.45. The van der Waals surface area contributed by atoms with Crippen molar-refractivity contribution < 1.29 is 33.2 Å². The van der Waals surface area contributed by atoms with Gasteiger partial charge in [0.25, 0.3) is 0 Å². The summed E-state index contributed by atoms with van der Waals surface area (Å²) in [5.41, 5.74) is 3.15. The smallest absolute Gasteiger partial charge is 0.186 e.